The molecule has 0 radical (unpaired) electrons. The molecule has 0 atom stereocenters. The maximum absolute atomic E-state index is 8.92. The Balaban J connectivity index is 2.04. The number of nitrogen functional groups attached to an aromatic ring is 1. The summed E-state index contributed by atoms with van der Waals surface area (Å²) in [5, 5.41) is 12.2. The average Bonchev–Trinajstić information content (AvgIpc) is 2.38. The third-order valence-electron chi connectivity index (χ3n) is 3.85. The quantitative estimate of drug-likeness (QED) is 0.857. The van der Waals surface area contributed by atoms with Crippen LogP contribution in [0.2, 0.25) is 0 Å². The van der Waals surface area contributed by atoms with Gasteiger partial charge in [0.2, 0.25) is 0 Å². The Bertz CT molecular complexity index is 455. The highest BCUT2D eigenvalue weighted by atomic mass is 15.0. The van der Waals surface area contributed by atoms with Gasteiger partial charge in [0.1, 0.15) is 6.07 Å². The van der Waals surface area contributed by atoms with Crippen LogP contribution in [0.4, 0.5) is 11.5 Å². The Morgan fingerprint density at radius 3 is 2.83 bits per heavy atom. The van der Waals surface area contributed by atoms with Crippen LogP contribution in [-0.4, -0.2) is 11.5 Å². The maximum atomic E-state index is 8.92. The first-order valence-corrected chi connectivity index (χ1v) is 6.53. The van der Waals surface area contributed by atoms with E-state index in [0.717, 1.165) is 6.54 Å². The molecule has 96 valence electrons. The van der Waals surface area contributed by atoms with Crippen molar-refractivity contribution < 1.29 is 0 Å². The van der Waals surface area contributed by atoms with Gasteiger partial charge in [-0.15, -0.1) is 0 Å². The molecule has 0 aromatic carbocycles. The van der Waals surface area contributed by atoms with Crippen molar-refractivity contribution in [3.8, 4) is 6.07 Å². The molecule has 1 saturated carbocycles. The summed E-state index contributed by atoms with van der Waals surface area (Å²) in [5.41, 5.74) is 7.18. The second-order valence-corrected chi connectivity index (χ2v) is 5.46. The molecule has 3 N–H and O–H groups in total. The van der Waals surface area contributed by atoms with Gasteiger partial charge in [-0.3, -0.25) is 0 Å². The highest BCUT2D eigenvalue weighted by Crippen LogP contribution is 2.36. The van der Waals surface area contributed by atoms with E-state index in [1.807, 2.05) is 0 Å². The first-order valence-electron chi connectivity index (χ1n) is 6.53. The molecule has 0 amide bonds. The Morgan fingerprint density at radius 1 is 1.44 bits per heavy atom. The summed E-state index contributed by atoms with van der Waals surface area (Å²) >= 11 is 0. The number of nitrogens with two attached hydrogens (primary N) is 1. The highest BCUT2D eigenvalue weighted by molar-refractivity contribution is 5.68. The van der Waals surface area contributed by atoms with Crippen molar-refractivity contribution in [1.29, 1.82) is 5.26 Å². The van der Waals surface area contributed by atoms with Gasteiger partial charge in [0.25, 0.3) is 0 Å². The van der Waals surface area contributed by atoms with E-state index in [2.05, 4.69) is 23.3 Å². The van der Waals surface area contributed by atoms with E-state index in [1.165, 1.54) is 32.1 Å². The molecule has 1 aliphatic rings. The number of anilines is 2. The van der Waals surface area contributed by atoms with E-state index in [1.54, 1.807) is 12.3 Å². The van der Waals surface area contributed by atoms with Crippen LogP contribution >= 0.6 is 0 Å². The predicted molar refractivity (Wildman–Crippen MR) is 73.0 cm³/mol. The monoisotopic (exact) mass is 244 g/mol. The lowest BCUT2D eigenvalue weighted by Crippen LogP contribution is -2.29. The van der Waals surface area contributed by atoms with Crippen LogP contribution in [0.25, 0.3) is 0 Å². The van der Waals surface area contributed by atoms with E-state index in [0.29, 0.717) is 22.5 Å². The van der Waals surface area contributed by atoms with Crippen LogP contribution in [0.5, 0.6) is 0 Å². The molecule has 0 spiro atoms. The number of nitrogens with zero attached hydrogens (tertiary/aromatic N) is 2. The molecule has 18 heavy (non-hydrogen) atoms. The van der Waals surface area contributed by atoms with Crippen LogP contribution in [0.1, 0.15) is 44.6 Å². The minimum absolute atomic E-state index is 0.328. The SMILES string of the molecule is CC1(CNc2nccc(C#N)c2N)CCCCC1. The topological polar surface area (TPSA) is 74.7 Å². The summed E-state index contributed by atoms with van der Waals surface area (Å²) in [6.07, 6.45) is 8.08. The van der Waals surface area contributed by atoms with Crippen molar-refractivity contribution in [3.05, 3.63) is 17.8 Å². The zero-order valence-electron chi connectivity index (χ0n) is 10.9. The van der Waals surface area contributed by atoms with Gasteiger partial charge in [0.15, 0.2) is 5.82 Å². The minimum atomic E-state index is 0.328. The summed E-state index contributed by atoms with van der Waals surface area (Å²) in [6, 6.07) is 3.72. The number of pyridine rings is 1. The van der Waals surface area contributed by atoms with Crippen molar-refractivity contribution in [2.75, 3.05) is 17.6 Å². The number of hydrogen-bond acceptors (Lipinski definition) is 4. The zero-order chi connectivity index (χ0) is 13.0. The molecule has 1 aromatic heterocycles. The number of nitriles is 1. The molecule has 0 unspecified atom stereocenters. The summed E-state index contributed by atoms with van der Waals surface area (Å²) in [6.45, 7) is 3.18. The number of nitrogens with one attached hydrogen (secondary N) is 1. The van der Waals surface area contributed by atoms with Gasteiger partial charge in [0.05, 0.1) is 11.3 Å². The molecule has 2 rings (SSSR count). The van der Waals surface area contributed by atoms with E-state index in [4.69, 9.17) is 11.0 Å². The Labute approximate surface area is 108 Å². The normalized spacial score (nSPS) is 18.0. The lowest BCUT2D eigenvalue weighted by Gasteiger charge is -2.34. The van der Waals surface area contributed by atoms with E-state index >= 15 is 0 Å². The first kappa shape index (κ1) is 12.7. The smallest absolute Gasteiger partial charge is 0.150 e. The lowest BCUT2D eigenvalue weighted by molar-refractivity contribution is 0.233. The lowest BCUT2D eigenvalue weighted by atomic mass is 9.76. The van der Waals surface area contributed by atoms with Crippen molar-refractivity contribution in [3.63, 3.8) is 0 Å². The van der Waals surface area contributed by atoms with Crippen LogP contribution in [-0.2, 0) is 0 Å². The van der Waals surface area contributed by atoms with Crippen LogP contribution in [0.15, 0.2) is 12.3 Å². The standard InChI is InChI=1S/C14H20N4/c1-14(6-3-2-4-7-14)10-18-13-12(16)11(9-15)5-8-17-13/h5,8H,2-4,6-7,10,16H2,1H3,(H,17,18). The van der Waals surface area contributed by atoms with E-state index < -0.39 is 0 Å². The summed E-state index contributed by atoms with van der Waals surface area (Å²) in [5.74, 6) is 0.640. The molecule has 4 nitrogen and oxygen atoms in total. The maximum Gasteiger partial charge on any atom is 0.150 e. The molecular formula is C14H20N4. The molecule has 0 bridgehead atoms. The third kappa shape index (κ3) is 2.73. The number of aromatic nitrogens is 1. The van der Waals surface area contributed by atoms with Gasteiger partial charge in [-0.05, 0) is 24.3 Å². The fraction of sp³-hybridized carbons (Fsp3) is 0.571. The van der Waals surface area contributed by atoms with Gasteiger partial charge < -0.3 is 11.1 Å². The van der Waals surface area contributed by atoms with Crippen molar-refractivity contribution in [1.82, 2.24) is 4.98 Å². The third-order valence-corrected chi connectivity index (χ3v) is 3.85. The largest absolute Gasteiger partial charge is 0.395 e. The molecule has 1 aliphatic carbocycles. The molecule has 1 heterocycles. The van der Waals surface area contributed by atoms with E-state index in [-0.39, 0.29) is 0 Å². The zero-order valence-corrected chi connectivity index (χ0v) is 10.9. The summed E-state index contributed by atoms with van der Waals surface area (Å²) in [4.78, 5) is 4.22. The molecule has 1 fully saturated rings. The summed E-state index contributed by atoms with van der Waals surface area (Å²) in [7, 11) is 0. The average molecular weight is 244 g/mol. The molecular weight excluding hydrogens is 224 g/mol. The van der Waals surface area contributed by atoms with Gasteiger partial charge in [0, 0.05) is 12.7 Å². The van der Waals surface area contributed by atoms with Gasteiger partial charge in [-0.2, -0.15) is 5.26 Å². The Morgan fingerprint density at radius 2 is 2.17 bits per heavy atom. The Hall–Kier alpha value is -1.76. The van der Waals surface area contributed by atoms with Gasteiger partial charge in [-0.25, -0.2) is 4.98 Å². The van der Waals surface area contributed by atoms with Crippen molar-refractivity contribution in [2.45, 2.75) is 39.0 Å². The van der Waals surface area contributed by atoms with Crippen molar-refractivity contribution >= 4 is 11.5 Å². The molecule has 4 heteroatoms. The molecule has 0 aliphatic heterocycles. The highest BCUT2D eigenvalue weighted by Gasteiger charge is 2.26. The minimum Gasteiger partial charge on any atom is -0.395 e. The van der Waals surface area contributed by atoms with Crippen LogP contribution in [0.3, 0.4) is 0 Å². The fourth-order valence-electron chi connectivity index (χ4n) is 2.59. The van der Waals surface area contributed by atoms with Gasteiger partial charge >= 0.3 is 0 Å². The molecule has 0 saturated heterocycles. The second kappa shape index (κ2) is 5.26. The summed E-state index contributed by atoms with van der Waals surface area (Å²) < 4.78 is 0. The van der Waals surface area contributed by atoms with Crippen LogP contribution in [0, 0.1) is 16.7 Å². The van der Waals surface area contributed by atoms with Crippen LogP contribution < -0.4 is 11.1 Å². The van der Waals surface area contributed by atoms with Gasteiger partial charge in [-0.1, -0.05) is 26.2 Å². The first-order chi connectivity index (χ1) is 8.64. The number of rotatable bonds is 3. The van der Waals surface area contributed by atoms with Crippen molar-refractivity contribution in [2.24, 2.45) is 5.41 Å². The second-order valence-electron chi connectivity index (χ2n) is 5.46. The Kier molecular flexibility index (Phi) is 3.71. The predicted octanol–water partition coefficient (Wildman–Crippen LogP) is 2.92. The van der Waals surface area contributed by atoms with E-state index in [9.17, 15) is 0 Å². The molecule has 1 aromatic rings. The number of hydrogen-bond donors (Lipinski definition) is 2. The fourth-order valence-corrected chi connectivity index (χ4v) is 2.59.